The molecule has 2 atom stereocenters. The Labute approximate surface area is 254 Å². The minimum absolute atomic E-state index is 0.0437. The van der Waals surface area contributed by atoms with E-state index in [9.17, 15) is 9.90 Å². The van der Waals surface area contributed by atoms with Crippen LogP contribution in [0.3, 0.4) is 0 Å². The fourth-order valence-electron chi connectivity index (χ4n) is 4.97. The average molecular weight is 586 g/mol. The van der Waals surface area contributed by atoms with Crippen molar-refractivity contribution in [2.75, 3.05) is 24.6 Å². The van der Waals surface area contributed by atoms with E-state index in [0.29, 0.717) is 5.75 Å². The van der Waals surface area contributed by atoms with Crippen LogP contribution in [0.5, 0.6) is 5.75 Å². The summed E-state index contributed by atoms with van der Waals surface area (Å²) in [4.78, 5) is 25.4. The Morgan fingerprint density at radius 1 is 1.10 bits per heavy atom. The lowest BCUT2D eigenvalue weighted by Crippen LogP contribution is -2.39. The molecule has 42 heavy (non-hydrogen) atoms. The predicted octanol–water partition coefficient (Wildman–Crippen LogP) is 7.45. The van der Waals surface area contributed by atoms with Crippen molar-refractivity contribution < 1.29 is 24.1 Å². The normalized spacial score (nSPS) is 16.4. The number of hydrogen-bond donors (Lipinski definition) is 1. The predicted molar refractivity (Wildman–Crippen MR) is 170 cm³/mol. The number of carbonyl (C=O) groups is 1. The van der Waals surface area contributed by atoms with Crippen molar-refractivity contribution in [3.63, 3.8) is 0 Å². The number of rotatable bonds is 11. The zero-order valence-corrected chi connectivity index (χ0v) is 27.9. The first-order chi connectivity index (χ1) is 19.7. The lowest BCUT2D eigenvalue weighted by atomic mass is 9.82. The van der Waals surface area contributed by atoms with Crippen LogP contribution in [-0.2, 0) is 14.3 Å². The summed E-state index contributed by atoms with van der Waals surface area (Å²) in [6.45, 7) is 23.7. The number of aliphatic hydroxyl groups excluding tert-OH is 1. The van der Waals surface area contributed by atoms with E-state index in [1.807, 2.05) is 73.7 Å². The third-order valence-corrected chi connectivity index (χ3v) is 7.15. The molecule has 0 saturated carbocycles. The highest BCUT2D eigenvalue weighted by molar-refractivity contribution is 5.86. The third kappa shape index (κ3) is 9.94. The van der Waals surface area contributed by atoms with Gasteiger partial charge in [-0.1, -0.05) is 41.0 Å². The second kappa shape index (κ2) is 15.7. The number of carbonyl (C=O) groups excluding carboxylic acids is 1. The molecule has 8 heteroatoms. The molecule has 2 aromatic heterocycles. The van der Waals surface area contributed by atoms with Gasteiger partial charge in [-0.25, -0.2) is 4.79 Å². The largest absolute Gasteiger partial charge is 0.486 e. The maximum absolute atomic E-state index is 13.6. The van der Waals surface area contributed by atoms with Gasteiger partial charge in [0.15, 0.2) is 6.10 Å². The van der Waals surface area contributed by atoms with E-state index in [-0.39, 0.29) is 24.2 Å². The Bertz CT molecular complexity index is 1120. The molecule has 1 fully saturated rings. The topological polar surface area (TPSA) is 94.0 Å². The number of aliphatic hydroxyl groups is 1. The number of esters is 1. The van der Waals surface area contributed by atoms with E-state index in [4.69, 9.17) is 24.2 Å². The molecule has 3 heterocycles. The van der Waals surface area contributed by atoms with Crippen LogP contribution in [0.25, 0.3) is 11.3 Å². The van der Waals surface area contributed by atoms with Crippen molar-refractivity contribution in [2.45, 2.75) is 126 Å². The van der Waals surface area contributed by atoms with Gasteiger partial charge in [-0.05, 0) is 78.4 Å². The number of hydrogen-bond acceptors (Lipinski definition) is 8. The monoisotopic (exact) mass is 585 g/mol. The van der Waals surface area contributed by atoms with Gasteiger partial charge in [0.25, 0.3) is 0 Å². The fourth-order valence-corrected chi connectivity index (χ4v) is 4.97. The Morgan fingerprint density at radius 2 is 1.74 bits per heavy atom. The molecular formula is C34H55N3O5. The molecule has 3 rings (SSSR count). The van der Waals surface area contributed by atoms with Gasteiger partial charge in [-0.15, -0.1) is 0 Å². The zero-order valence-electron chi connectivity index (χ0n) is 27.9. The SMILES string of the molecule is CC.CCCC(CO)Oc1ccc(-c2cnc(C)c([C@H](OC(C)(C)C)C(=O)OC(C)C)c2N2CCC(C)(C)CC2)nc1. The number of anilines is 1. The van der Waals surface area contributed by atoms with Crippen molar-refractivity contribution in [1.29, 1.82) is 0 Å². The molecule has 0 bridgehead atoms. The van der Waals surface area contributed by atoms with Gasteiger partial charge in [0, 0.05) is 36.1 Å². The summed E-state index contributed by atoms with van der Waals surface area (Å²) in [7, 11) is 0. The maximum Gasteiger partial charge on any atom is 0.340 e. The summed E-state index contributed by atoms with van der Waals surface area (Å²) in [5, 5.41) is 9.65. The van der Waals surface area contributed by atoms with E-state index < -0.39 is 17.7 Å². The van der Waals surface area contributed by atoms with Gasteiger partial charge in [0.05, 0.1) is 35.9 Å². The summed E-state index contributed by atoms with van der Waals surface area (Å²) in [5.74, 6) is 0.181. The quantitative estimate of drug-likeness (QED) is 0.272. The summed E-state index contributed by atoms with van der Waals surface area (Å²) in [5.41, 5.74) is 3.58. The Morgan fingerprint density at radius 3 is 2.24 bits per heavy atom. The van der Waals surface area contributed by atoms with Crippen LogP contribution in [0.1, 0.15) is 112 Å². The molecule has 8 nitrogen and oxygen atoms in total. The molecule has 0 amide bonds. The highest BCUT2D eigenvalue weighted by atomic mass is 16.6. The molecule has 236 valence electrons. The Balaban J connectivity index is 0.00000301. The zero-order chi connectivity index (χ0) is 31.7. The van der Waals surface area contributed by atoms with Gasteiger partial charge in [-0.3, -0.25) is 9.97 Å². The van der Waals surface area contributed by atoms with Crippen molar-refractivity contribution in [3.05, 3.63) is 35.8 Å². The molecule has 1 N–H and O–H groups in total. The van der Waals surface area contributed by atoms with Crippen LogP contribution in [-0.4, -0.2) is 58.5 Å². The van der Waals surface area contributed by atoms with Gasteiger partial charge < -0.3 is 24.2 Å². The molecule has 1 aliphatic heterocycles. The van der Waals surface area contributed by atoms with Crippen molar-refractivity contribution in [1.82, 2.24) is 9.97 Å². The van der Waals surface area contributed by atoms with E-state index >= 15 is 0 Å². The van der Waals surface area contributed by atoms with Gasteiger partial charge in [0.1, 0.15) is 11.9 Å². The summed E-state index contributed by atoms with van der Waals surface area (Å²) >= 11 is 0. The number of aryl methyl sites for hydroxylation is 1. The number of aromatic nitrogens is 2. The van der Waals surface area contributed by atoms with E-state index in [1.165, 1.54) is 0 Å². The third-order valence-electron chi connectivity index (χ3n) is 7.15. The van der Waals surface area contributed by atoms with E-state index in [1.54, 1.807) is 6.20 Å². The molecule has 0 aliphatic carbocycles. The molecule has 0 aromatic carbocycles. The smallest absolute Gasteiger partial charge is 0.340 e. The number of piperidine rings is 1. The molecule has 0 radical (unpaired) electrons. The van der Waals surface area contributed by atoms with Crippen LogP contribution >= 0.6 is 0 Å². The first-order valence-electron chi connectivity index (χ1n) is 15.6. The first kappa shape index (κ1) is 35.5. The van der Waals surface area contributed by atoms with Crippen LogP contribution in [0.4, 0.5) is 5.69 Å². The minimum atomic E-state index is -0.943. The lowest BCUT2D eigenvalue weighted by molar-refractivity contribution is -0.171. The van der Waals surface area contributed by atoms with Gasteiger partial charge in [0.2, 0.25) is 0 Å². The Kier molecular flexibility index (Phi) is 13.2. The average Bonchev–Trinajstić information content (AvgIpc) is 2.92. The fraction of sp³-hybridized carbons (Fsp3) is 0.676. The van der Waals surface area contributed by atoms with Crippen LogP contribution in [0, 0.1) is 12.3 Å². The number of ether oxygens (including phenoxy) is 3. The number of nitrogens with zero attached hydrogens (tertiary/aromatic N) is 3. The number of pyridine rings is 2. The van der Waals surface area contributed by atoms with Crippen LogP contribution in [0.2, 0.25) is 0 Å². The minimum Gasteiger partial charge on any atom is -0.486 e. The molecule has 1 saturated heterocycles. The van der Waals surface area contributed by atoms with Gasteiger partial charge >= 0.3 is 5.97 Å². The lowest BCUT2D eigenvalue weighted by Gasteiger charge is -2.41. The highest BCUT2D eigenvalue weighted by Crippen LogP contribution is 2.43. The molecule has 1 aliphatic rings. The van der Waals surface area contributed by atoms with Crippen molar-refractivity contribution in [2.24, 2.45) is 5.41 Å². The molecule has 2 aromatic rings. The highest BCUT2D eigenvalue weighted by Gasteiger charge is 2.37. The summed E-state index contributed by atoms with van der Waals surface area (Å²) in [6, 6.07) is 3.79. The standard InChI is InChI=1S/C32H49N3O5.C2H6/c1-10-11-24(20-36)39-23-12-13-26(34-18-23)25-19-33-22(4)27(28(25)35-16-14-32(8,9)15-17-35)29(40-31(5,6)7)30(37)38-21(2)3;1-2/h12-13,18-19,21,24,29,36H,10-11,14-17,20H2,1-9H3;1-2H3/t24?,29-;/m0./s1. The Hall–Kier alpha value is -2.71. The molecular weight excluding hydrogens is 530 g/mol. The van der Waals surface area contributed by atoms with Crippen LogP contribution < -0.4 is 9.64 Å². The summed E-state index contributed by atoms with van der Waals surface area (Å²) < 4.78 is 18.1. The van der Waals surface area contributed by atoms with Crippen molar-refractivity contribution >= 4 is 11.7 Å². The second-order valence-corrected chi connectivity index (χ2v) is 12.9. The van der Waals surface area contributed by atoms with E-state index in [0.717, 1.165) is 67.0 Å². The van der Waals surface area contributed by atoms with E-state index in [2.05, 4.69) is 25.7 Å². The molecule has 0 spiro atoms. The van der Waals surface area contributed by atoms with Crippen LogP contribution in [0.15, 0.2) is 24.5 Å². The van der Waals surface area contributed by atoms with Gasteiger partial charge in [-0.2, -0.15) is 0 Å². The van der Waals surface area contributed by atoms with Crippen molar-refractivity contribution in [3.8, 4) is 17.0 Å². The second-order valence-electron chi connectivity index (χ2n) is 12.9. The first-order valence-corrected chi connectivity index (χ1v) is 15.6. The maximum atomic E-state index is 13.6. The summed E-state index contributed by atoms with van der Waals surface area (Å²) in [6.07, 6.45) is 5.77. The molecule has 1 unspecified atom stereocenters.